The number of hydrogen-bond acceptors (Lipinski definition) is 3. The summed E-state index contributed by atoms with van der Waals surface area (Å²) in [6.07, 6.45) is 3.02. The highest BCUT2D eigenvalue weighted by Gasteiger charge is 2.03. The van der Waals surface area contributed by atoms with Crippen LogP contribution in [0.4, 0.5) is 0 Å². The Hall–Kier alpha value is -0.870. The minimum absolute atomic E-state index is 0.211. The number of methoxy groups -OCH3 is 2. The quantitative estimate of drug-likeness (QED) is 0.494. The van der Waals surface area contributed by atoms with E-state index < -0.39 is 0 Å². The molecule has 0 bridgehead atoms. The monoisotopic (exact) mass is 187 g/mol. The summed E-state index contributed by atoms with van der Waals surface area (Å²) >= 11 is 0. The van der Waals surface area contributed by atoms with Crippen LogP contribution in [0.3, 0.4) is 0 Å². The van der Waals surface area contributed by atoms with Crippen LogP contribution in [0.15, 0.2) is 11.6 Å². The van der Waals surface area contributed by atoms with Crippen LogP contribution in [0.2, 0.25) is 0 Å². The van der Waals surface area contributed by atoms with E-state index >= 15 is 0 Å². The summed E-state index contributed by atoms with van der Waals surface area (Å²) in [6.45, 7) is 1.69. The van der Waals surface area contributed by atoms with E-state index in [9.17, 15) is 4.79 Å². The molecule has 0 spiro atoms. The molecule has 0 rings (SSSR count). The minimum Gasteiger partial charge on any atom is -0.366 e. The molecule has 0 aliphatic rings. The van der Waals surface area contributed by atoms with Gasteiger partial charge in [-0.05, 0) is 13.3 Å². The van der Waals surface area contributed by atoms with Gasteiger partial charge in [-0.2, -0.15) is 0 Å². The topological polar surface area (TPSA) is 61.5 Å². The van der Waals surface area contributed by atoms with Crippen molar-refractivity contribution in [3.05, 3.63) is 11.6 Å². The lowest BCUT2D eigenvalue weighted by molar-refractivity contribution is -0.114. The zero-order valence-corrected chi connectivity index (χ0v) is 8.37. The maximum absolute atomic E-state index is 10.6. The van der Waals surface area contributed by atoms with Gasteiger partial charge in [-0.1, -0.05) is 6.08 Å². The predicted molar refractivity (Wildman–Crippen MR) is 50.0 cm³/mol. The van der Waals surface area contributed by atoms with Crippen molar-refractivity contribution in [2.24, 2.45) is 5.73 Å². The number of primary amides is 1. The second-order valence-corrected chi connectivity index (χ2v) is 2.73. The molecule has 0 saturated carbocycles. The second kappa shape index (κ2) is 6.62. The maximum atomic E-state index is 10.6. The van der Waals surface area contributed by atoms with E-state index in [2.05, 4.69) is 0 Å². The van der Waals surface area contributed by atoms with Crippen LogP contribution in [0, 0.1) is 0 Å². The fourth-order valence-electron chi connectivity index (χ4n) is 0.868. The number of carbonyl (C=O) groups is 1. The van der Waals surface area contributed by atoms with Crippen molar-refractivity contribution < 1.29 is 14.3 Å². The van der Waals surface area contributed by atoms with Crippen LogP contribution in [0.1, 0.15) is 19.8 Å². The van der Waals surface area contributed by atoms with E-state index in [0.29, 0.717) is 5.57 Å². The highest BCUT2D eigenvalue weighted by Crippen LogP contribution is 2.04. The van der Waals surface area contributed by atoms with Gasteiger partial charge in [-0.15, -0.1) is 0 Å². The molecule has 76 valence electrons. The highest BCUT2D eigenvalue weighted by molar-refractivity contribution is 5.91. The minimum atomic E-state index is -0.383. The molecule has 0 atom stereocenters. The standard InChI is InChI=1S/C9H17NO3/c1-7(9(10)11)5-4-6-8(12-2)13-3/h5,8H,4,6H2,1-3H3,(H2,10,11)/b7-5+. The lowest BCUT2D eigenvalue weighted by atomic mass is 10.2. The van der Waals surface area contributed by atoms with Gasteiger partial charge in [0.05, 0.1) is 0 Å². The number of hydrogen-bond donors (Lipinski definition) is 1. The van der Waals surface area contributed by atoms with E-state index in [4.69, 9.17) is 15.2 Å². The molecule has 0 unspecified atom stereocenters. The first-order chi connectivity index (χ1) is 6.11. The lowest BCUT2D eigenvalue weighted by Gasteiger charge is -2.11. The third kappa shape index (κ3) is 5.38. The van der Waals surface area contributed by atoms with Crippen molar-refractivity contribution in [2.45, 2.75) is 26.1 Å². The molecular formula is C9H17NO3. The first kappa shape index (κ1) is 12.1. The van der Waals surface area contributed by atoms with Gasteiger partial charge in [-0.3, -0.25) is 4.79 Å². The largest absolute Gasteiger partial charge is 0.366 e. The Morgan fingerprint density at radius 2 is 2.00 bits per heavy atom. The van der Waals surface area contributed by atoms with Crippen molar-refractivity contribution in [3.8, 4) is 0 Å². The van der Waals surface area contributed by atoms with Gasteiger partial charge < -0.3 is 15.2 Å². The Labute approximate surface area is 78.7 Å². The number of carbonyl (C=O) groups excluding carboxylic acids is 1. The molecule has 0 aromatic rings. The Kier molecular flexibility index (Phi) is 6.18. The van der Waals surface area contributed by atoms with Gasteiger partial charge in [0.15, 0.2) is 6.29 Å². The first-order valence-corrected chi connectivity index (χ1v) is 4.14. The molecule has 0 aliphatic heterocycles. The molecule has 0 aliphatic carbocycles. The van der Waals surface area contributed by atoms with Crippen LogP contribution < -0.4 is 5.73 Å². The molecule has 4 heteroatoms. The smallest absolute Gasteiger partial charge is 0.244 e. The number of nitrogens with two attached hydrogens (primary N) is 1. The third-order valence-corrected chi connectivity index (χ3v) is 1.77. The predicted octanol–water partition coefficient (Wildman–Crippen LogP) is 0.817. The van der Waals surface area contributed by atoms with Crippen molar-refractivity contribution in [1.82, 2.24) is 0 Å². The van der Waals surface area contributed by atoms with Crippen molar-refractivity contribution in [1.29, 1.82) is 0 Å². The molecule has 0 radical (unpaired) electrons. The second-order valence-electron chi connectivity index (χ2n) is 2.73. The normalized spacial score (nSPS) is 12.2. The Morgan fingerprint density at radius 1 is 1.46 bits per heavy atom. The molecule has 0 fully saturated rings. The third-order valence-electron chi connectivity index (χ3n) is 1.77. The summed E-state index contributed by atoms with van der Waals surface area (Å²) in [6, 6.07) is 0. The summed E-state index contributed by atoms with van der Waals surface area (Å²) < 4.78 is 9.95. The number of allylic oxidation sites excluding steroid dienone is 1. The Balaban J connectivity index is 3.76. The van der Waals surface area contributed by atoms with E-state index in [1.54, 1.807) is 27.2 Å². The van der Waals surface area contributed by atoms with Gasteiger partial charge >= 0.3 is 0 Å². The average Bonchev–Trinajstić information content (AvgIpc) is 2.12. The van der Waals surface area contributed by atoms with Gasteiger partial charge in [0.2, 0.25) is 5.91 Å². The summed E-state index contributed by atoms with van der Waals surface area (Å²) in [5, 5.41) is 0. The van der Waals surface area contributed by atoms with E-state index in [0.717, 1.165) is 12.8 Å². The van der Waals surface area contributed by atoms with Gasteiger partial charge in [0.1, 0.15) is 0 Å². The van der Waals surface area contributed by atoms with Crippen molar-refractivity contribution >= 4 is 5.91 Å². The van der Waals surface area contributed by atoms with Crippen LogP contribution in [0.25, 0.3) is 0 Å². The molecule has 1 amide bonds. The van der Waals surface area contributed by atoms with Gasteiger partial charge in [0.25, 0.3) is 0 Å². The highest BCUT2D eigenvalue weighted by atomic mass is 16.7. The van der Waals surface area contributed by atoms with Crippen molar-refractivity contribution in [3.63, 3.8) is 0 Å². The van der Waals surface area contributed by atoms with E-state index in [1.165, 1.54) is 0 Å². The fourth-order valence-corrected chi connectivity index (χ4v) is 0.868. The zero-order chi connectivity index (χ0) is 10.3. The summed E-state index contributed by atoms with van der Waals surface area (Å²) in [5.41, 5.74) is 5.62. The van der Waals surface area contributed by atoms with Crippen molar-refractivity contribution in [2.75, 3.05) is 14.2 Å². The van der Waals surface area contributed by atoms with Crippen LogP contribution in [0.5, 0.6) is 0 Å². The Bertz CT molecular complexity index is 185. The Morgan fingerprint density at radius 3 is 2.38 bits per heavy atom. The molecular weight excluding hydrogens is 170 g/mol. The summed E-state index contributed by atoms with van der Waals surface area (Å²) in [7, 11) is 3.16. The first-order valence-electron chi connectivity index (χ1n) is 4.14. The fraction of sp³-hybridized carbons (Fsp3) is 0.667. The lowest BCUT2D eigenvalue weighted by Crippen LogP contribution is -2.13. The molecule has 4 nitrogen and oxygen atoms in total. The zero-order valence-electron chi connectivity index (χ0n) is 8.37. The van der Waals surface area contributed by atoms with Gasteiger partial charge in [-0.25, -0.2) is 0 Å². The number of ether oxygens (including phenoxy) is 2. The molecule has 0 aromatic heterocycles. The number of rotatable bonds is 6. The van der Waals surface area contributed by atoms with Gasteiger partial charge in [0, 0.05) is 26.2 Å². The molecule has 0 aromatic carbocycles. The van der Waals surface area contributed by atoms with Crippen LogP contribution >= 0.6 is 0 Å². The van der Waals surface area contributed by atoms with E-state index in [1.807, 2.05) is 0 Å². The molecule has 13 heavy (non-hydrogen) atoms. The molecule has 0 saturated heterocycles. The average molecular weight is 187 g/mol. The SMILES string of the molecule is COC(CC/C=C(\C)C(N)=O)OC. The van der Waals surface area contributed by atoms with Crippen LogP contribution in [-0.4, -0.2) is 26.4 Å². The number of amides is 1. The summed E-state index contributed by atoms with van der Waals surface area (Å²) in [5.74, 6) is -0.383. The molecule has 2 N–H and O–H groups in total. The maximum Gasteiger partial charge on any atom is 0.244 e. The molecule has 0 heterocycles. The van der Waals surface area contributed by atoms with E-state index in [-0.39, 0.29) is 12.2 Å². The van der Waals surface area contributed by atoms with Crippen LogP contribution in [-0.2, 0) is 14.3 Å². The summed E-state index contributed by atoms with van der Waals surface area (Å²) in [4.78, 5) is 10.6.